The van der Waals surface area contributed by atoms with Crippen LogP contribution in [0.3, 0.4) is 0 Å². The van der Waals surface area contributed by atoms with Crippen molar-refractivity contribution < 1.29 is 9.90 Å². The van der Waals surface area contributed by atoms with Gasteiger partial charge in [0.05, 0.1) is 6.42 Å². The van der Waals surface area contributed by atoms with E-state index in [0.29, 0.717) is 0 Å². The number of carboxylic acid groups (broad SMARTS) is 1. The fourth-order valence-corrected chi connectivity index (χ4v) is 2.96. The smallest absolute Gasteiger partial charge is 0.303 e. The largest absolute Gasteiger partial charge is 0.481 e. The summed E-state index contributed by atoms with van der Waals surface area (Å²) in [7, 11) is 0. The Hall–Kier alpha value is -0.960. The molecule has 1 aromatic carbocycles. The molecule has 17 heavy (non-hydrogen) atoms. The molecule has 2 nitrogen and oxygen atoms in total. The third kappa shape index (κ3) is 5.26. The molecule has 0 bridgehead atoms. The van der Waals surface area contributed by atoms with E-state index in [1.165, 1.54) is 5.56 Å². The van der Waals surface area contributed by atoms with E-state index >= 15 is 0 Å². The first-order chi connectivity index (χ1) is 8.06. The number of carbonyl (C=O) groups is 1. The van der Waals surface area contributed by atoms with E-state index in [0.717, 1.165) is 17.9 Å². The second-order valence-electron chi connectivity index (χ2n) is 4.71. The van der Waals surface area contributed by atoms with Crippen LogP contribution in [-0.4, -0.2) is 16.8 Å². The lowest BCUT2D eigenvalue weighted by atomic mass is 9.86. The molecule has 0 aliphatic rings. The topological polar surface area (TPSA) is 37.3 Å². The van der Waals surface area contributed by atoms with Crippen molar-refractivity contribution >= 4 is 17.7 Å². The molecular formula is C14H20O2S. The van der Waals surface area contributed by atoms with Crippen LogP contribution < -0.4 is 0 Å². The fourth-order valence-electron chi connectivity index (χ4n) is 1.63. The quantitative estimate of drug-likeness (QED) is 0.801. The molecule has 0 heterocycles. The van der Waals surface area contributed by atoms with Crippen molar-refractivity contribution in [3.63, 3.8) is 0 Å². The highest BCUT2D eigenvalue weighted by Gasteiger charge is 2.25. The molecule has 0 fully saturated rings. The van der Waals surface area contributed by atoms with E-state index in [9.17, 15) is 4.79 Å². The highest BCUT2D eigenvalue weighted by atomic mass is 32.2. The maximum absolute atomic E-state index is 10.8. The van der Waals surface area contributed by atoms with E-state index in [-0.39, 0.29) is 11.8 Å². The number of aliphatic carboxylic acids is 1. The van der Waals surface area contributed by atoms with E-state index in [1.807, 2.05) is 30.0 Å². The van der Waals surface area contributed by atoms with Crippen molar-refractivity contribution in [1.82, 2.24) is 0 Å². The summed E-state index contributed by atoms with van der Waals surface area (Å²) in [6.07, 6.45) is 1.16. The van der Waals surface area contributed by atoms with Crippen molar-refractivity contribution in [3.05, 3.63) is 35.9 Å². The average Bonchev–Trinajstić information content (AvgIpc) is 2.29. The molecule has 0 saturated heterocycles. The summed E-state index contributed by atoms with van der Waals surface area (Å²) in [5.74, 6) is 1.15. The van der Waals surface area contributed by atoms with Gasteiger partial charge in [-0.15, -0.1) is 0 Å². The zero-order chi connectivity index (χ0) is 12.7. The maximum atomic E-state index is 10.8. The molecule has 0 saturated carbocycles. The van der Waals surface area contributed by atoms with Gasteiger partial charge in [-0.05, 0) is 23.2 Å². The van der Waals surface area contributed by atoms with Gasteiger partial charge in [-0.3, -0.25) is 4.79 Å². The van der Waals surface area contributed by atoms with Gasteiger partial charge in [0.2, 0.25) is 0 Å². The number of carboxylic acids is 1. The Bertz CT molecular complexity index is 350. The lowest BCUT2D eigenvalue weighted by molar-refractivity contribution is -0.139. The van der Waals surface area contributed by atoms with E-state index in [2.05, 4.69) is 26.0 Å². The van der Waals surface area contributed by atoms with Gasteiger partial charge in [-0.2, -0.15) is 11.8 Å². The number of benzene rings is 1. The van der Waals surface area contributed by atoms with Crippen LogP contribution in [-0.2, 0) is 10.5 Å². The predicted octanol–water partition coefficient (Wildman–Crippen LogP) is 3.81. The number of rotatable bonds is 7. The van der Waals surface area contributed by atoms with Crippen LogP contribution in [0.4, 0.5) is 0 Å². The summed E-state index contributed by atoms with van der Waals surface area (Å²) >= 11 is 1.82. The second kappa shape index (κ2) is 6.70. The first kappa shape index (κ1) is 14.1. The predicted molar refractivity (Wildman–Crippen MR) is 73.3 cm³/mol. The van der Waals surface area contributed by atoms with Crippen LogP contribution in [0.1, 0.15) is 32.3 Å². The number of hydrogen-bond donors (Lipinski definition) is 1. The molecule has 0 aliphatic heterocycles. The average molecular weight is 252 g/mol. The third-order valence-electron chi connectivity index (χ3n) is 2.99. The Labute approximate surface area is 107 Å². The summed E-state index contributed by atoms with van der Waals surface area (Å²) in [6.45, 7) is 4.12. The summed E-state index contributed by atoms with van der Waals surface area (Å²) in [5.41, 5.74) is 1.21. The van der Waals surface area contributed by atoms with Crippen molar-refractivity contribution in [2.75, 3.05) is 5.75 Å². The molecule has 0 radical (unpaired) electrons. The van der Waals surface area contributed by atoms with Crippen LogP contribution in [0.2, 0.25) is 0 Å². The molecule has 1 N–H and O–H groups in total. The monoisotopic (exact) mass is 252 g/mol. The van der Waals surface area contributed by atoms with Crippen molar-refractivity contribution in [2.45, 2.75) is 32.4 Å². The number of hydrogen-bond acceptors (Lipinski definition) is 2. The lowest BCUT2D eigenvalue weighted by Crippen LogP contribution is -2.22. The van der Waals surface area contributed by atoms with E-state index < -0.39 is 5.97 Å². The van der Waals surface area contributed by atoms with Gasteiger partial charge in [0, 0.05) is 5.75 Å². The van der Waals surface area contributed by atoms with Gasteiger partial charge in [-0.25, -0.2) is 0 Å². The van der Waals surface area contributed by atoms with E-state index in [1.54, 1.807) is 0 Å². The molecule has 0 unspecified atom stereocenters. The van der Waals surface area contributed by atoms with E-state index in [4.69, 9.17) is 5.11 Å². The minimum atomic E-state index is -0.699. The van der Waals surface area contributed by atoms with Crippen molar-refractivity contribution in [1.29, 1.82) is 0 Å². The molecule has 1 atom stereocenters. The Morgan fingerprint density at radius 3 is 2.53 bits per heavy atom. The highest BCUT2D eigenvalue weighted by molar-refractivity contribution is 7.98. The Balaban J connectivity index is 2.40. The van der Waals surface area contributed by atoms with Crippen molar-refractivity contribution in [3.8, 4) is 0 Å². The second-order valence-corrected chi connectivity index (χ2v) is 5.70. The highest BCUT2D eigenvalue weighted by Crippen LogP contribution is 2.31. The lowest BCUT2D eigenvalue weighted by Gasteiger charge is -2.25. The molecule has 0 aromatic heterocycles. The van der Waals surface area contributed by atoms with Gasteiger partial charge < -0.3 is 5.11 Å². The van der Waals surface area contributed by atoms with Gasteiger partial charge in [0.15, 0.2) is 0 Å². The normalized spacial score (nSPS) is 14.2. The summed E-state index contributed by atoms with van der Waals surface area (Å²) in [6, 6.07) is 10.3. The fraction of sp³-hybridized carbons (Fsp3) is 0.500. The molecular weight excluding hydrogens is 232 g/mol. The molecule has 0 aliphatic carbocycles. The Morgan fingerprint density at radius 2 is 2.00 bits per heavy atom. The molecule has 94 valence electrons. The zero-order valence-electron chi connectivity index (χ0n) is 10.5. The standard InChI is InChI=1S/C14H20O2S/c1-3-14(2,9-13(15)16)11-17-10-12-7-5-4-6-8-12/h4-8H,3,9-11H2,1-2H3,(H,15,16)/t14-/m1/s1. The van der Waals surface area contributed by atoms with Crippen LogP contribution in [0.5, 0.6) is 0 Å². The van der Waals surface area contributed by atoms with Crippen molar-refractivity contribution in [2.24, 2.45) is 5.41 Å². The minimum Gasteiger partial charge on any atom is -0.481 e. The van der Waals surface area contributed by atoms with Crippen LogP contribution in [0.15, 0.2) is 30.3 Å². The third-order valence-corrected chi connectivity index (χ3v) is 4.43. The van der Waals surface area contributed by atoms with Gasteiger partial charge in [0.1, 0.15) is 0 Å². The molecule has 3 heteroatoms. The van der Waals surface area contributed by atoms with Gasteiger partial charge in [-0.1, -0.05) is 44.2 Å². The molecule has 1 aromatic rings. The Morgan fingerprint density at radius 1 is 1.35 bits per heavy atom. The summed E-state index contributed by atoms with van der Waals surface area (Å²) in [5, 5.41) is 8.89. The minimum absolute atomic E-state index is 0.0920. The molecule has 0 spiro atoms. The molecule has 0 amide bonds. The Kier molecular flexibility index (Phi) is 5.56. The van der Waals surface area contributed by atoms with Gasteiger partial charge >= 0.3 is 5.97 Å². The summed E-state index contributed by atoms with van der Waals surface area (Å²) in [4.78, 5) is 10.8. The zero-order valence-corrected chi connectivity index (χ0v) is 11.3. The number of thioether (sulfide) groups is 1. The van der Waals surface area contributed by atoms with Crippen LogP contribution >= 0.6 is 11.8 Å². The molecule has 1 rings (SSSR count). The van der Waals surface area contributed by atoms with Gasteiger partial charge in [0.25, 0.3) is 0 Å². The SMILES string of the molecule is CC[C@@](C)(CSCc1ccccc1)CC(=O)O. The first-order valence-electron chi connectivity index (χ1n) is 5.89. The van der Waals surface area contributed by atoms with Crippen LogP contribution in [0.25, 0.3) is 0 Å². The first-order valence-corrected chi connectivity index (χ1v) is 7.05. The summed E-state index contributed by atoms with van der Waals surface area (Å²) < 4.78 is 0. The maximum Gasteiger partial charge on any atom is 0.303 e. The van der Waals surface area contributed by atoms with Crippen LogP contribution in [0, 0.1) is 5.41 Å².